The van der Waals surface area contributed by atoms with Crippen LogP contribution >= 0.6 is 0 Å². The number of likely N-dealkylation sites (tertiary alicyclic amines) is 2. The number of rotatable bonds is 6. The molecular weight excluding hydrogens is 296 g/mol. The van der Waals surface area contributed by atoms with E-state index in [4.69, 9.17) is 10.2 Å². The summed E-state index contributed by atoms with van der Waals surface area (Å²) in [6, 6.07) is 0. The summed E-state index contributed by atoms with van der Waals surface area (Å²) in [4.78, 5) is 49.1. The van der Waals surface area contributed by atoms with Gasteiger partial charge >= 0.3 is 0 Å². The summed E-state index contributed by atoms with van der Waals surface area (Å²) in [5, 5.41) is 24.7. The molecule has 4 amide bonds. The van der Waals surface area contributed by atoms with E-state index >= 15 is 0 Å². The van der Waals surface area contributed by atoms with Gasteiger partial charge in [-0.15, -0.1) is 0 Å². The number of aliphatic hydroxyl groups is 2. The average molecular weight is 312 g/mol. The molecule has 0 aromatic rings. The first kappa shape index (κ1) is 16.2. The summed E-state index contributed by atoms with van der Waals surface area (Å²) < 4.78 is 0. The molecule has 0 aliphatic carbocycles. The third kappa shape index (κ3) is 1.95. The van der Waals surface area contributed by atoms with Crippen LogP contribution in [0, 0.1) is 0 Å². The van der Waals surface area contributed by atoms with Crippen molar-refractivity contribution in [2.75, 3.05) is 26.3 Å². The van der Waals surface area contributed by atoms with E-state index in [1.54, 1.807) is 0 Å². The second-order valence-electron chi connectivity index (χ2n) is 5.32. The smallest absolute Gasteiger partial charge is 0.268 e. The average Bonchev–Trinajstić information content (AvgIpc) is 2.53. The molecule has 0 radical (unpaired) electrons. The molecule has 0 aromatic carbocycles. The molecule has 2 aliphatic heterocycles. The van der Waals surface area contributed by atoms with E-state index < -0.39 is 34.7 Å². The molecule has 0 saturated carbocycles. The van der Waals surface area contributed by atoms with Crippen molar-refractivity contribution < 1.29 is 29.4 Å². The van der Waals surface area contributed by atoms with Crippen LogP contribution in [-0.4, -0.2) is 81.0 Å². The van der Waals surface area contributed by atoms with Crippen LogP contribution in [0.4, 0.5) is 0 Å². The highest BCUT2D eigenvalue weighted by atomic mass is 16.3. The maximum absolute atomic E-state index is 11.9. The predicted molar refractivity (Wildman–Crippen MR) is 69.3 cm³/mol. The topological polar surface area (TPSA) is 140 Å². The first-order valence-electron chi connectivity index (χ1n) is 6.62. The Balaban J connectivity index is 2.13. The van der Waals surface area contributed by atoms with Gasteiger partial charge in [-0.3, -0.25) is 29.0 Å². The maximum atomic E-state index is 11.9. The fraction of sp³-hybridized carbons (Fsp3) is 0.667. The zero-order valence-corrected chi connectivity index (χ0v) is 12.1. The number of amides is 4. The summed E-state index contributed by atoms with van der Waals surface area (Å²) in [5.41, 5.74) is -3.54. The van der Waals surface area contributed by atoms with E-state index in [0.717, 1.165) is 9.80 Å². The zero-order chi connectivity index (χ0) is 16.7. The van der Waals surface area contributed by atoms with Crippen molar-refractivity contribution in [3.8, 4) is 0 Å². The minimum absolute atomic E-state index is 0.137. The van der Waals surface area contributed by atoms with Gasteiger partial charge in [0.25, 0.3) is 23.6 Å². The number of hydrogen-bond donors (Lipinski definition) is 2. The van der Waals surface area contributed by atoms with Crippen molar-refractivity contribution in [1.29, 1.82) is 0 Å². The lowest BCUT2D eigenvalue weighted by atomic mass is 9.89. The summed E-state index contributed by atoms with van der Waals surface area (Å²) in [7, 11) is 0. The van der Waals surface area contributed by atoms with Crippen LogP contribution in [0.5, 0.6) is 0 Å². The van der Waals surface area contributed by atoms with Gasteiger partial charge in [0, 0.05) is 0 Å². The summed E-state index contributed by atoms with van der Waals surface area (Å²) in [5.74, 6) is -2.59. The Morgan fingerprint density at radius 1 is 0.773 bits per heavy atom. The molecule has 10 nitrogen and oxygen atoms in total. The Morgan fingerprint density at radius 3 is 1.27 bits per heavy atom. The van der Waals surface area contributed by atoms with Gasteiger partial charge in [-0.2, -0.15) is 10.2 Å². The van der Waals surface area contributed by atoms with E-state index in [-0.39, 0.29) is 26.3 Å². The molecule has 0 spiro atoms. The zero-order valence-electron chi connectivity index (χ0n) is 12.1. The monoisotopic (exact) mass is 312 g/mol. The van der Waals surface area contributed by atoms with Crippen LogP contribution in [0.25, 0.3) is 0 Å². The second kappa shape index (κ2) is 5.21. The highest BCUT2D eigenvalue weighted by molar-refractivity contribution is 6.26. The molecule has 0 aromatic heterocycles. The van der Waals surface area contributed by atoms with Crippen molar-refractivity contribution in [3.05, 3.63) is 0 Å². The molecule has 0 atom stereocenters. The van der Waals surface area contributed by atoms with Crippen molar-refractivity contribution in [2.24, 2.45) is 10.2 Å². The van der Waals surface area contributed by atoms with E-state index in [1.165, 1.54) is 13.8 Å². The van der Waals surface area contributed by atoms with Gasteiger partial charge in [0.15, 0.2) is 0 Å². The third-order valence-corrected chi connectivity index (χ3v) is 3.74. The van der Waals surface area contributed by atoms with Crippen LogP contribution in [0.2, 0.25) is 0 Å². The molecular formula is C12H16N4O6. The van der Waals surface area contributed by atoms with Crippen LogP contribution in [0.15, 0.2) is 10.2 Å². The molecule has 22 heavy (non-hydrogen) atoms. The molecule has 2 saturated heterocycles. The van der Waals surface area contributed by atoms with Gasteiger partial charge in [0.05, 0.1) is 26.3 Å². The quantitative estimate of drug-likeness (QED) is 0.320. The maximum Gasteiger partial charge on any atom is 0.268 e. The largest absolute Gasteiger partial charge is 0.395 e. The molecule has 0 unspecified atom stereocenters. The molecule has 2 aliphatic rings. The van der Waals surface area contributed by atoms with E-state index in [2.05, 4.69) is 10.2 Å². The van der Waals surface area contributed by atoms with Gasteiger partial charge in [-0.25, -0.2) is 0 Å². The highest BCUT2D eigenvalue weighted by Gasteiger charge is 2.62. The molecule has 10 heteroatoms. The van der Waals surface area contributed by atoms with Crippen LogP contribution in [0.3, 0.4) is 0 Å². The number of aliphatic hydroxyl groups excluding tert-OH is 2. The molecule has 2 heterocycles. The summed E-state index contributed by atoms with van der Waals surface area (Å²) in [6.07, 6.45) is 0. The Morgan fingerprint density at radius 2 is 1.05 bits per heavy atom. The number of imide groups is 2. The molecule has 0 bridgehead atoms. The third-order valence-electron chi connectivity index (χ3n) is 3.74. The minimum Gasteiger partial charge on any atom is -0.395 e. The van der Waals surface area contributed by atoms with Crippen molar-refractivity contribution in [2.45, 2.75) is 24.9 Å². The first-order chi connectivity index (χ1) is 10.2. The van der Waals surface area contributed by atoms with E-state index in [0.29, 0.717) is 0 Å². The fourth-order valence-corrected chi connectivity index (χ4v) is 2.29. The lowest BCUT2D eigenvalue weighted by Crippen LogP contribution is -2.71. The lowest BCUT2D eigenvalue weighted by Gasteiger charge is -2.43. The van der Waals surface area contributed by atoms with Gasteiger partial charge in [-0.1, -0.05) is 0 Å². The van der Waals surface area contributed by atoms with Crippen molar-refractivity contribution in [1.82, 2.24) is 9.80 Å². The van der Waals surface area contributed by atoms with Gasteiger partial charge in [-0.05, 0) is 13.8 Å². The molecule has 2 N–H and O–H groups in total. The SMILES string of the molecule is CC1(N=NC2(C)C(=O)N(CCO)C2=O)C(=O)N(CCO)C1=O. The second-order valence-corrected chi connectivity index (χ2v) is 5.32. The first-order valence-corrected chi connectivity index (χ1v) is 6.62. The number of β-amino-alcohol motifs (C(OH)–C–C–N with tert-alkyl or cyclic N) is 2. The fourth-order valence-electron chi connectivity index (χ4n) is 2.29. The highest BCUT2D eigenvalue weighted by Crippen LogP contribution is 2.33. The van der Waals surface area contributed by atoms with E-state index in [1.807, 2.05) is 0 Å². The van der Waals surface area contributed by atoms with E-state index in [9.17, 15) is 19.2 Å². The van der Waals surface area contributed by atoms with Crippen molar-refractivity contribution >= 4 is 23.6 Å². The standard InChI is InChI=1S/C12H16N4O6/c1-11(7(19)15(3-5-17)8(11)20)13-14-12(2)9(21)16(4-6-18)10(12)22/h17-18H,3-6H2,1-2H3. The predicted octanol–water partition coefficient (Wildman–Crippen LogP) is -2.32. The van der Waals surface area contributed by atoms with Crippen LogP contribution < -0.4 is 0 Å². The number of azo groups is 1. The van der Waals surface area contributed by atoms with Crippen LogP contribution in [0.1, 0.15) is 13.8 Å². The Labute approximate surface area is 125 Å². The normalized spacial score (nSPS) is 23.1. The van der Waals surface area contributed by atoms with Gasteiger partial charge in [0.1, 0.15) is 0 Å². The number of hydrogen-bond acceptors (Lipinski definition) is 8. The Kier molecular flexibility index (Phi) is 3.83. The number of carbonyl (C=O) groups is 4. The van der Waals surface area contributed by atoms with Gasteiger partial charge < -0.3 is 10.2 Å². The summed E-state index contributed by atoms with van der Waals surface area (Å²) in [6.45, 7) is 1.46. The molecule has 2 rings (SSSR count). The number of nitrogens with zero attached hydrogens (tertiary/aromatic N) is 4. The number of β-lactam (4-membered cyclic amide) rings is 4. The van der Waals surface area contributed by atoms with Crippen molar-refractivity contribution in [3.63, 3.8) is 0 Å². The molecule has 2 fully saturated rings. The number of carbonyl (C=O) groups excluding carboxylic acids is 4. The minimum atomic E-state index is -1.77. The van der Waals surface area contributed by atoms with Crippen LogP contribution in [-0.2, 0) is 19.2 Å². The van der Waals surface area contributed by atoms with Gasteiger partial charge in [0.2, 0.25) is 11.1 Å². The Bertz CT molecular complexity index is 504. The Hall–Kier alpha value is -2.20. The summed E-state index contributed by atoms with van der Waals surface area (Å²) >= 11 is 0. The lowest BCUT2D eigenvalue weighted by molar-refractivity contribution is -0.171. The molecule has 120 valence electrons.